The third kappa shape index (κ3) is 3.61. The number of aromatic nitrogens is 2. The Labute approximate surface area is 137 Å². The summed E-state index contributed by atoms with van der Waals surface area (Å²) in [6.07, 6.45) is 1.85. The number of benzene rings is 1. The minimum atomic E-state index is 0. The van der Waals surface area contributed by atoms with E-state index in [1.54, 1.807) is 7.11 Å². The third-order valence-corrected chi connectivity index (χ3v) is 3.87. The van der Waals surface area contributed by atoms with Crippen molar-refractivity contribution < 1.29 is 4.74 Å². The summed E-state index contributed by atoms with van der Waals surface area (Å²) in [6.45, 7) is 6.32. The maximum atomic E-state index is 5.45. The second-order valence-corrected chi connectivity index (χ2v) is 5.50. The summed E-state index contributed by atoms with van der Waals surface area (Å²) in [4.78, 5) is 2.46. The van der Waals surface area contributed by atoms with E-state index in [4.69, 9.17) is 4.74 Å². The first-order valence-electron chi connectivity index (χ1n) is 7.40. The van der Waals surface area contributed by atoms with Crippen LogP contribution in [0.3, 0.4) is 0 Å². The highest BCUT2D eigenvalue weighted by atomic mass is 35.5. The molecule has 22 heavy (non-hydrogen) atoms. The Kier molecular flexibility index (Phi) is 5.83. The van der Waals surface area contributed by atoms with E-state index < -0.39 is 0 Å². The number of hydrogen-bond donors (Lipinski definition) is 1. The number of piperazine rings is 1. The molecule has 6 heteroatoms. The van der Waals surface area contributed by atoms with Crippen LogP contribution in [0.5, 0.6) is 5.75 Å². The monoisotopic (exact) mass is 322 g/mol. The molecule has 1 aliphatic rings. The SMILES string of the molecule is COc1ccccc1-n1nccc1CN1CCN[C@H](C)C1.Cl. The van der Waals surface area contributed by atoms with Gasteiger partial charge in [-0.2, -0.15) is 5.10 Å². The first kappa shape index (κ1) is 16.8. The van der Waals surface area contributed by atoms with Crippen LogP contribution in [0.2, 0.25) is 0 Å². The van der Waals surface area contributed by atoms with E-state index in [2.05, 4.69) is 28.3 Å². The second-order valence-electron chi connectivity index (χ2n) is 5.50. The van der Waals surface area contributed by atoms with Gasteiger partial charge in [0.1, 0.15) is 11.4 Å². The van der Waals surface area contributed by atoms with Gasteiger partial charge in [0.2, 0.25) is 0 Å². The van der Waals surface area contributed by atoms with Crippen LogP contribution in [0.15, 0.2) is 36.5 Å². The minimum Gasteiger partial charge on any atom is -0.494 e. The number of ether oxygens (including phenoxy) is 1. The number of para-hydroxylation sites is 2. The largest absolute Gasteiger partial charge is 0.494 e. The van der Waals surface area contributed by atoms with E-state index in [-0.39, 0.29) is 12.4 Å². The van der Waals surface area contributed by atoms with Gasteiger partial charge in [-0.15, -0.1) is 12.4 Å². The van der Waals surface area contributed by atoms with Crippen LogP contribution in [0, 0.1) is 0 Å². The van der Waals surface area contributed by atoms with Crippen LogP contribution in [-0.4, -0.2) is 47.5 Å². The minimum absolute atomic E-state index is 0. The molecule has 1 N–H and O–H groups in total. The van der Waals surface area contributed by atoms with Crippen LogP contribution >= 0.6 is 12.4 Å². The summed E-state index contributed by atoms with van der Waals surface area (Å²) >= 11 is 0. The molecule has 1 aromatic carbocycles. The van der Waals surface area contributed by atoms with Crippen LogP contribution in [0.4, 0.5) is 0 Å². The lowest BCUT2D eigenvalue weighted by molar-refractivity contribution is 0.196. The molecule has 120 valence electrons. The summed E-state index contributed by atoms with van der Waals surface area (Å²) in [5, 5.41) is 7.95. The molecule has 2 heterocycles. The van der Waals surface area contributed by atoms with Crippen molar-refractivity contribution in [3.8, 4) is 11.4 Å². The summed E-state index contributed by atoms with van der Waals surface area (Å²) in [7, 11) is 1.69. The summed E-state index contributed by atoms with van der Waals surface area (Å²) < 4.78 is 7.42. The van der Waals surface area contributed by atoms with Gasteiger partial charge in [0, 0.05) is 38.4 Å². The van der Waals surface area contributed by atoms with Crippen molar-refractivity contribution in [2.24, 2.45) is 0 Å². The average Bonchev–Trinajstić information content (AvgIpc) is 2.95. The van der Waals surface area contributed by atoms with Crippen molar-refractivity contribution in [2.75, 3.05) is 26.7 Å². The Bertz CT molecular complexity index is 601. The summed E-state index contributed by atoms with van der Waals surface area (Å²) in [5.41, 5.74) is 2.18. The predicted molar refractivity (Wildman–Crippen MR) is 90.1 cm³/mol. The van der Waals surface area contributed by atoms with Gasteiger partial charge >= 0.3 is 0 Å². The molecule has 0 aliphatic carbocycles. The summed E-state index contributed by atoms with van der Waals surface area (Å²) in [6, 6.07) is 10.6. The van der Waals surface area contributed by atoms with Crippen LogP contribution in [-0.2, 0) is 6.54 Å². The molecular formula is C16H23ClN4O. The van der Waals surface area contributed by atoms with Gasteiger partial charge in [0.15, 0.2) is 0 Å². The second kappa shape index (κ2) is 7.63. The first-order chi connectivity index (χ1) is 10.3. The van der Waals surface area contributed by atoms with E-state index in [0.717, 1.165) is 37.6 Å². The van der Waals surface area contributed by atoms with Crippen molar-refractivity contribution in [1.82, 2.24) is 20.0 Å². The molecule has 1 fully saturated rings. The maximum Gasteiger partial charge on any atom is 0.144 e. The molecule has 3 rings (SSSR count). The van der Waals surface area contributed by atoms with Gasteiger partial charge in [0.05, 0.1) is 12.8 Å². The van der Waals surface area contributed by atoms with Crippen molar-refractivity contribution in [2.45, 2.75) is 19.5 Å². The lowest BCUT2D eigenvalue weighted by Gasteiger charge is -2.31. The van der Waals surface area contributed by atoms with E-state index in [1.807, 2.05) is 35.1 Å². The number of nitrogens with zero attached hydrogens (tertiary/aromatic N) is 3. The normalized spacial score (nSPS) is 18.7. The van der Waals surface area contributed by atoms with Gasteiger partial charge in [-0.1, -0.05) is 12.1 Å². The van der Waals surface area contributed by atoms with E-state index >= 15 is 0 Å². The van der Waals surface area contributed by atoms with Gasteiger partial charge in [-0.25, -0.2) is 4.68 Å². The zero-order chi connectivity index (χ0) is 14.7. The maximum absolute atomic E-state index is 5.45. The molecular weight excluding hydrogens is 300 g/mol. The fraction of sp³-hybridized carbons (Fsp3) is 0.438. The average molecular weight is 323 g/mol. The van der Waals surface area contributed by atoms with Crippen LogP contribution < -0.4 is 10.1 Å². The molecule has 1 atom stereocenters. The Morgan fingerprint density at radius 1 is 1.32 bits per heavy atom. The van der Waals surface area contributed by atoms with E-state index in [1.165, 1.54) is 5.69 Å². The third-order valence-electron chi connectivity index (χ3n) is 3.87. The molecule has 0 bridgehead atoms. The van der Waals surface area contributed by atoms with Gasteiger partial charge in [-0.05, 0) is 25.1 Å². The first-order valence-corrected chi connectivity index (χ1v) is 7.40. The van der Waals surface area contributed by atoms with Gasteiger partial charge in [0.25, 0.3) is 0 Å². The van der Waals surface area contributed by atoms with Crippen molar-refractivity contribution in [3.63, 3.8) is 0 Å². The van der Waals surface area contributed by atoms with Gasteiger partial charge < -0.3 is 10.1 Å². The number of hydrogen-bond acceptors (Lipinski definition) is 4. The quantitative estimate of drug-likeness (QED) is 0.936. The standard InChI is InChI=1S/C16H22N4O.ClH/c1-13-11-19(10-9-17-13)12-14-7-8-18-20(14)15-5-3-4-6-16(15)21-2;/h3-8,13,17H,9-12H2,1-2H3;1H/t13-;/m1./s1. The molecule has 0 radical (unpaired) electrons. The molecule has 2 aromatic rings. The smallest absolute Gasteiger partial charge is 0.144 e. The number of methoxy groups -OCH3 is 1. The number of nitrogens with one attached hydrogen (secondary N) is 1. The fourth-order valence-electron chi connectivity index (χ4n) is 2.86. The number of halogens is 1. The number of rotatable bonds is 4. The molecule has 0 saturated carbocycles. The van der Waals surface area contributed by atoms with Crippen molar-refractivity contribution in [1.29, 1.82) is 0 Å². The molecule has 0 unspecified atom stereocenters. The van der Waals surface area contributed by atoms with Crippen LogP contribution in [0.1, 0.15) is 12.6 Å². The molecule has 0 spiro atoms. The van der Waals surface area contributed by atoms with E-state index in [0.29, 0.717) is 6.04 Å². The van der Waals surface area contributed by atoms with Crippen LogP contribution in [0.25, 0.3) is 5.69 Å². The van der Waals surface area contributed by atoms with Gasteiger partial charge in [-0.3, -0.25) is 4.90 Å². The lowest BCUT2D eigenvalue weighted by Crippen LogP contribution is -2.48. The topological polar surface area (TPSA) is 42.3 Å². The Hall–Kier alpha value is -1.56. The Morgan fingerprint density at radius 3 is 2.91 bits per heavy atom. The Morgan fingerprint density at radius 2 is 2.14 bits per heavy atom. The molecule has 1 aliphatic heterocycles. The summed E-state index contributed by atoms with van der Waals surface area (Å²) in [5.74, 6) is 0.844. The zero-order valence-corrected chi connectivity index (χ0v) is 13.8. The molecule has 1 aromatic heterocycles. The van der Waals surface area contributed by atoms with E-state index in [9.17, 15) is 0 Å². The highest BCUT2D eigenvalue weighted by molar-refractivity contribution is 5.85. The molecule has 0 amide bonds. The highest BCUT2D eigenvalue weighted by Gasteiger charge is 2.18. The lowest BCUT2D eigenvalue weighted by atomic mass is 10.2. The fourth-order valence-corrected chi connectivity index (χ4v) is 2.86. The van der Waals surface area contributed by atoms with Crippen molar-refractivity contribution in [3.05, 3.63) is 42.2 Å². The zero-order valence-electron chi connectivity index (χ0n) is 13.0. The molecule has 5 nitrogen and oxygen atoms in total. The predicted octanol–water partition coefficient (Wildman–Crippen LogP) is 2.10. The Balaban J connectivity index is 0.00000176. The van der Waals surface area contributed by atoms with Crippen molar-refractivity contribution >= 4 is 12.4 Å². The molecule has 1 saturated heterocycles. The highest BCUT2D eigenvalue weighted by Crippen LogP contribution is 2.23.